The van der Waals surface area contributed by atoms with Crippen LogP contribution in [0, 0.1) is 0 Å². The van der Waals surface area contributed by atoms with Crippen molar-refractivity contribution in [3.63, 3.8) is 0 Å². The normalized spacial score (nSPS) is 10.5. The van der Waals surface area contributed by atoms with Gasteiger partial charge in [-0.05, 0) is 37.1 Å². The standard InChI is InChI=1S/C18H20ClNO4/c1-2-12-22-13-5-3-4-8-17(21)24-23-16-10-9-15(19)14-7-6-11-20-18(14)16/h2,6-7,9-11H,1,3-5,8,12-13H2. The molecule has 1 aromatic carbocycles. The fraction of sp³-hybridized carbons (Fsp3) is 0.333. The van der Waals surface area contributed by atoms with Crippen molar-refractivity contribution in [3.8, 4) is 5.75 Å². The first kappa shape index (κ1) is 18.2. The summed E-state index contributed by atoms with van der Waals surface area (Å²) in [6.45, 7) is 4.80. The molecular formula is C18H20ClNO4. The summed E-state index contributed by atoms with van der Waals surface area (Å²) in [5.41, 5.74) is 0.553. The molecule has 1 aromatic heterocycles. The van der Waals surface area contributed by atoms with E-state index in [0.29, 0.717) is 35.9 Å². The maximum absolute atomic E-state index is 11.7. The monoisotopic (exact) mass is 349 g/mol. The van der Waals surface area contributed by atoms with Crippen molar-refractivity contribution >= 4 is 28.5 Å². The number of pyridine rings is 1. The zero-order chi connectivity index (χ0) is 17.2. The quantitative estimate of drug-likeness (QED) is 0.274. The molecule has 6 heteroatoms. The lowest BCUT2D eigenvalue weighted by atomic mass is 10.2. The van der Waals surface area contributed by atoms with E-state index in [0.717, 1.165) is 24.6 Å². The number of carbonyl (C=O) groups is 1. The van der Waals surface area contributed by atoms with E-state index in [1.165, 1.54) is 0 Å². The lowest BCUT2D eigenvalue weighted by Gasteiger charge is -2.07. The highest BCUT2D eigenvalue weighted by Crippen LogP contribution is 2.29. The number of ether oxygens (including phenoxy) is 1. The SMILES string of the molecule is C=CCOCCCCCC(=O)OOc1ccc(Cl)c2cccnc12. The third-order valence-electron chi connectivity index (χ3n) is 3.31. The van der Waals surface area contributed by atoms with E-state index in [1.807, 2.05) is 6.07 Å². The summed E-state index contributed by atoms with van der Waals surface area (Å²) in [5.74, 6) is -0.0535. The summed E-state index contributed by atoms with van der Waals surface area (Å²) in [6, 6.07) is 6.91. The molecular weight excluding hydrogens is 330 g/mol. The lowest BCUT2D eigenvalue weighted by molar-refractivity contribution is -0.213. The van der Waals surface area contributed by atoms with Gasteiger partial charge in [0.2, 0.25) is 5.75 Å². The van der Waals surface area contributed by atoms with Gasteiger partial charge in [0.25, 0.3) is 0 Å². The zero-order valence-electron chi connectivity index (χ0n) is 13.4. The van der Waals surface area contributed by atoms with Gasteiger partial charge < -0.3 is 4.74 Å². The molecule has 24 heavy (non-hydrogen) atoms. The number of benzene rings is 1. The van der Waals surface area contributed by atoms with E-state index in [9.17, 15) is 4.79 Å². The fourth-order valence-electron chi connectivity index (χ4n) is 2.13. The van der Waals surface area contributed by atoms with Gasteiger partial charge in [-0.2, -0.15) is 0 Å². The van der Waals surface area contributed by atoms with Crippen LogP contribution in [0.3, 0.4) is 0 Å². The smallest absolute Gasteiger partial charge is 0.355 e. The highest BCUT2D eigenvalue weighted by Gasteiger charge is 2.10. The number of unbranched alkanes of at least 4 members (excludes halogenated alkanes) is 2. The Labute approximate surface area is 146 Å². The molecule has 5 nitrogen and oxygen atoms in total. The summed E-state index contributed by atoms with van der Waals surface area (Å²) in [6.07, 6.45) is 6.14. The van der Waals surface area contributed by atoms with Gasteiger partial charge in [0, 0.05) is 18.2 Å². The van der Waals surface area contributed by atoms with Gasteiger partial charge in [-0.25, -0.2) is 4.79 Å². The van der Waals surface area contributed by atoms with Crippen molar-refractivity contribution < 1.29 is 19.3 Å². The molecule has 2 aromatic rings. The van der Waals surface area contributed by atoms with Crippen molar-refractivity contribution in [2.75, 3.05) is 13.2 Å². The van der Waals surface area contributed by atoms with Gasteiger partial charge in [-0.15, -0.1) is 6.58 Å². The Kier molecular flexibility index (Phi) is 7.52. The van der Waals surface area contributed by atoms with Gasteiger partial charge in [0.1, 0.15) is 5.52 Å². The second-order valence-electron chi connectivity index (χ2n) is 5.16. The van der Waals surface area contributed by atoms with Crippen LogP contribution in [0.15, 0.2) is 43.1 Å². The fourth-order valence-corrected chi connectivity index (χ4v) is 2.34. The van der Waals surface area contributed by atoms with Crippen LogP contribution < -0.4 is 4.89 Å². The van der Waals surface area contributed by atoms with Gasteiger partial charge in [-0.1, -0.05) is 24.1 Å². The van der Waals surface area contributed by atoms with E-state index < -0.39 is 5.97 Å². The molecule has 1 heterocycles. The Bertz CT molecular complexity index is 690. The van der Waals surface area contributed by atoms with Crippen LogP contribution in [0.4, 0.5) is 0 Å². The third kappa shape index (κ3) is 5.51. The summed E-state index contributed by atoms with van der Waals surface area (Å²) in [5, 5.41) is 1.31. The van der Waals surface area contributed by atoms with Crippen LogP contribution in [-0.2, 0) is 14.4 Å². The molecule has 128 valence electrons. The minimum absolute atomic E-state index is 0.292. The highest BCUT2D eigenvalue weighted by atomic mass is 35.5. The molecule has 0 N–H and O–H groups in total. The number of nitrogens with zero attached hydrogens (tertiary/aromatic N) is 1. The molecule has 0 spiro atoms. The Morgan fingerprint density at radius 3 is 2.96 bits per heavy atom. The Balaban J connectivity index is 1.74. The molecule has 0 saturated carbocycles. The number of halogens is 1. The Morgan fingerprint density at radius 2 is 2.12 bits per heavy atom. The van der Waals surface area contributed by atoms with Crippen molar-refractivity contribution in [1.82, 2.24) is 4.98 Å². The van der Waals surface area contributed by atoms with Crippen LogP contribution in [0.2, 0.25) is 5.02 Å². The molecule has 0 aliphatic heterocycles. The topological polar surface area (TPSA) is 57.7 Å². The molecule has 0 atom stereocenters. The molecule has 0 unspecified atom stereocenters. The van der Waals surface area contributed by atoms with Crippen molar-refractivity contribution in [3.05, 3.63) is 48.1 Å². The summed E-state index contributed by atoms with van der Waals surface area (Å²) in [7, 11) is 0. The van der Waals surface area contributed by atoms with Crippen molar-refractivity contribution in [2.45, 2.75) is 25.7 Å². The maximum Gasteiger partial charge on any atom is 0.355 e. The predicted octanol–water partition coefficient (Wildman–Crippen LogP) is 4.49. The molecule has 0 amide bonds. The molecule has 0 aliphatic carbocycles. The maximum atomic E-state index is 11.7. The highest BCUT2D eigenvalue weighted by molar-refractivity contribution is 6.35. The summed E-state index contributed by atoms with van der Waals surface area (Å²) >= 11 is 6.10. The van der Waals surface area contributed by atoms with Gasteiger partial charge >= 0.3 is 5.97 Å². The van der Waals surface area contributed by atoms with E-state index in [4.69, 9.17) is 26.1 Å². The Hall–Kier alpha value is -2.11. The van der Waals surface area contributed by atoms with Crippen LogP contribution in [-0.4, -0.2) is 24.2 Å². The first-order chi connectivity index (χ1) is 11.7. The number of hydrogen-bond donors (Lipinski definition) is 0. The van der Waals surface area contributed by atoms with E-state index in [1.54, 1.807) is 30.5 Å². The summed E-state index contributed by atoms with van der Waals surface area (Å²) < 4.78 is 5.27. The predicted molar refractivity (Wildman–Crippen MR) is 93.0 cm³/mol. The largest absolute Gasteiger partial charge is 0.377 e. The zero-order valence-corrected chi connectivity index (χ0v) is 14.1. The second-order valence-corrected chi connectivity index (χ2v) is 5.57. The number of fused-ring (bicyclic) bond motifs is 1. The number of carbonyl (C=O) groups excluding carboxylic acids is 1. The van der Waals surface area contributed by atoms with Gasteiger partial charge in [0.05, 0.1) is 18.1 Å². The first-order valence-corrected chi connectivity index (χ1v) is 8.19. The molecule has 0 saturated heterocycles. The molecule has 0 radical (unpaired) electrons. The van der Waals surface area contributed by atoms with E-state index in [-0.39, 0.29) is 0 Å². The van der Waals surface area contributed by atoms with Crippen LogP contribution in [0.5, 0.6) is 5.75 Å². The first-order valence-electron chi connectivity index (χ1n) is 7.81. The molecule has 2 rings (SSSR count). The van der Waals surface area contributed by atoms with Crippen molar-refractivity contribution in [1.29, 1.82) is 0 Å². The van der Waals surface area contributed by atoms with Gasteiger partial charge in [-0.3, -0.25) is 14.8 Å². The number of hydrogen-bond acceptors (Lipinski definition) is 5. The Morgan fingerprint density at radius 1 is 1.25 bits per heavy atom. The average Bonchev–Trinajstić information content (AvgIpc) is 2.60. The second kappa shape index (κ2) is 9.90. The number of rotatable bonds is 10. The van der Waals surface area contributed by atoms with Crippen LogP contribution in [0.25, 0.3) is 10.9 Å². The third-order valence-corrected chi connectivity index (χ3v) is 3.64. The van der Waals surface area contributed by atoms with Crippen LogP contribution >= 0.6 is 11.6 Å². The van der Waals surface area contributed by atoms with E-state index in [2.05, 4.69) is 11.6 Å². The van der Waals surface area contributed by atoms with E-state index >= 15 is 0 Å². The number of aromatic nitrogens is 1. The summed E-state index contributed by atoms with van der Waals surface area (Å²) in [4.78, 5) is 25.9. The minimum Gasteiger partial charge on any atom is -0.377 e. The minimum atomic E-state index is -0.416. The van der Waals surface area contributed by atoms with Crippen LogP contribution in [0.1, 0.15) is 25.7 Å². The lowest BCUT2D eigenvalue weighted by Crippen LogP contribution is -2.08. The molecule has 0 bridgehead atoms. The molecule has 0 fully saturated rings. The molecule has 0 aliphatic rings. The van der Waals surface area contributed by atoms with Gasteiger partial charge in [0.15, 0.2) is 0 Å². The average molecular weight is 350 g/mol. The van der Waals surface area contributed by atoms with Crippen molar-refractivity contribution in [2.24, 2.45) is 0 Å².